The fourth-order valence-electron chi connectivity index (χ4n) is 5.46. The quantitative estimate of drug-likeness (QED) is 0.503. The Morgan fingerprint density at radius 1 is 0.824 bits per heavy atom. The van der Waals surface area contributed by atoms with Crippen molar-refractivity contribution in [3.05, 3.63) is 107 Å². The van der Waals surface area contributed by atoms with Crippen LogP contribution >= 0.6 is 0 Å². The first-order valence-corrected chi connectivity index (χ1v) is 12.1. The average molecular weight is 452 g/mol. The summed E-state index contributed by atoms with van der Waals surface area (Å²) in [6.07, 6.45) is 0. The van der Waals surface area contributed by atoms with Gasteiger partial charge in [-0.1, -0.05) is 72.8 Å². The van der Waals surface area contributed by atoms with Gasteiger partial charge in [-0.2, -0.15) is 4.98 Å². The van der Waals surface area contributed by atoms with Gasteiger partial charge in [-0.15, -0.1) is 0 Å². The maximum atomic E-state index is 12.5. The molecule has 0 amide bonds. The summed E-state index contributed by atoms with van der Waals surface area (Å²) >= 11 is 0. The van der Waals surface area contributed by atoms with E-state index in [4.69, 9.17) is 0 Å². The molecule has 0 unspecified atom stereocenters. The molecule has 34 heavy (non-hydrogen) atoms. The van der Waals surface area contributed by atoms with Crippen molar-refractivity contribution < 1.29 is 0 Å². The maximum absolute atomic E-state index is 12.5. The molecule has 0 saturated carbocycles. The predicted octanol–water partition coefficient (Wildman–Crippen LogP) is 3.60. The number of fused-ring (bicyclic) bond motifs is 3. The first-order chi connectivity index (χ1) is 16.8. The highest BCUT2D eigenvalue weighted by molar-refractivity contribution is 5.89. The first-order valence-electron chi connectivity index (χ1n) is 12.1. The number of anilines is 1. The molecule has 3 heterocycles. The minimum atomic E-state index is -0.165. The summed E-state index contributed by atoms with van der Waals surface area (Å²) < 4.78 is 1.80. The molecule has 2 aliphatic rings. The first kappa shape index (κ1) is 21.1. The lowest BCUT2D eigenvalue weighted by atomic mass is 9.96. The van der Waals surface area contributed by atoms with Crippen LogP contribution in [0, 0.1) is 0 Å². The molecule has 0 radical (unpaired) electrons. The van der Waals surface area contributed by atoms with E-state index in [9.17, 15) is 4.79 Å². The fraction of sp³-hybridized carbons (Fsp3) is 0.286. The summed E-state index contributed by atoms with van der Waals surface area (Å²) in [5, 5.41) is 4.64. The molecule has 1 atom stereocenters. The zero-order chi connectivity index (χ0) is 22.9. The molecule has 6 rings (SSSR count). The van der Waals surface area contributed by atoms with Gasteiger partial charge in [0.15, 0.2) is 0 Å². The van der Waals surface area contributed by atoms with Gasteiger partial charge in [-0.25, -0.2) is 4.79 Å². The van der Waals surface area contributed by atoms with Gasteiger partial charge in [0.05, 0.1) is 24.1 Å². The van der Waals surface area contributed by atoms with Crippen LogP contribution in [-0.4, -0.2) is 58.1 Å². The summed E-state index contributed by atoms with van der Waals surface area (Å²) in [5.41, 5.74) is 3.28. The lowest BCUT2D eigenvalue weighted by molar-refractivity contribution is 0.106. The van der Waals surface area contributed by atoms with Gasteiger partial charge in [-0.05, 0) is 23.3 Å². The molecule has 1 fully saturated rings. The highest BCUT2D eigenvalue weighted by Gasteiger charge is 2.30. The lowest BCUT2D eigenvalue weighted by Crippen LogP contribution is -2.50. The van der Waals surface area contributed by atoms with Gasteiger partial charge < -0.3 is 5.32 Å². The zero-order valence-corrected chi connectivity index (χ0v) is 19.2. The van der Waals surface area contributed by atoms with E-state index in [-0.39, 0.29) is 17.8 Å². The number of benzene rings is 3. The van der Waals surface area contributed by atoms with Crippen LogP contribution in [0.5, 0.6) is 0 Å². The molecule has 1 aromatic heterocycles. The summed E-state index contributed by atoms with van der Waals surface area (Å²) in [5.74, 6) is 0.910. The van der Waals surface area contributed by atoms with Gasteiger partial charge in [0.2, 0.25) is 0 Å². The van der Waals surface area contributed by atoms with Crippen molar-refractivity contribution in [3.63, 3.8) is 0 Å². The van der Waals surface area contributed by atoms with Gasteiger partial charge in [-0.3, -0.25) is 14.4 Å². The van der Waals surface area contributed by atoms with Gasteiger partial charge >= 0.3 is 5.69 Å². The molecule has 6 nitrogen and oxygen atoms in total. The Labute approximate surface area is 199 Å². The Morgan fingerprint density at radius 3 is 2.12 bits per heavy atom. The van der Waals surface area contributed by atoms with E-state index in [2.05, 4.69) is 80.8 Å². The monoisotopic (exact) mass is 451 g/mol. The van der Waals surface area contributed by atoms with Crippen molar-refractivity contribution in [2.75, 3.05) is 38.0 Å². The number of hydrogen-bond acceptors (Lipinski definition) is 5. The van der Waals surface area contributed by atoms with Crippen LogP contribution < -0.4 is 11.0 Å². The number of aromatic nitrogens is 2. The molecule has 1 N–H and O–H groups in total. The predicted molar refractivity (Wildman–Crippen MR) is 136 cm³/mol. The average Bonchev–Trinajstić information content (AvgIpc) is 3.31. The molecule has 0 bridgehead atoms. The molecule has 6 heteroatoms. The van der Waals surface area contributed by atoms with Crippen LogP contribution in [-0.2, 0) is 6.54 Å². The second-order valence-corrected chi connectivity index (χ2v) is 9.27. The minimum absolute atomic E-state index is 0.165. The van der Waals surface area contributed by atoms with E-state index in [1.807, 2.05) is 24.3 Å². The number of rotatable bonds is 5. The summed E-state index contributed by atoms with van der Waals surface area (Å²) in [6, 6.07) is 30.0. The molecule has 3 aromatic carbocycles. The molecule has 0 aliphatic carbocycles. The van der Waals surface area contributed by atoms with Crippen molar-refractivity contribution >= 4 is 16.7 Å². The molecule has 172 valence electrons. The SMILES string of the molecule is O=c1nc2ccccc2c2n1C[C@@H](CN1CCN(C(c3ccccc3)c3ccccc3)CC1)N2. The van der Waals surface area contributed by atoms with Gasteiger partial charge in [0, 0.05) is 38.1 Å². The largest absolute Gasteiger partial charge is 0.365 e. The third-order valence-corrected chi connectivity index (χ3v) is 7.10. The van der Waals surface area contributed by atoms with Crippen LogP contribution in [0.3, 0.4) is 0 Å². The minimum Gasteiger partial charge on any atom is -0.365 e. The van der Waals surface area contributed by atoms with Crippen molar-refractivity contribution in [3.8, 4) is 0 Å². The van der Waals surface area contributed by atoms with Crippen molar-refractivity contribution in [1.82, 2.24) is 19.4 Å². The molecular formula is C28H29N5O. The van der Waals surface area contributed by atoms with Crippen LogP contribution in [0.15, 0.2) is 89.7 Å². The van der Waals surface area contributed by atoms with Gasteiger partial charge in [0.25, 0.3) is 0 Å². The second kappa shape index (κ2) is 9.05. The van der Waals surface area contributed by atoms with E-state index in [1.54, 1.807) is 4.57 Å². The maximum Gasteiger partial charge on any atom is 0.349 e. The Morgan fingerprint density at radius 2 is 1.44 bits per heavy atom. The third-order valence-electron chi connectivity index (χ3n) is 7.10. The number of nitrogens with one attached hydrogen (secondary N) is 1. The fourth-order valence-corrected chi connectivity index (χ4v) is 5.46. The second-order valence-electron chi connectivity index (χ2n) is 9.27. The Bertz CT molecular complexity index is 1290. The van der Waals surface area contributed by atoms with Crippen LogP contribution in [0.25, 0.3) is 10.9 Å². The number of piperazine rings is 1. The van der Waals surface area contributed by atoms with Crippen LogP contribution in [0.4, 0.5) is 5.82 Å². The molecule has 2 aliphatic heterocycles. The van der Waals surface area contributed by atoms with Crippen LogP contribution in [0.1, 0.15) is 17.2 Å². The topological polar surface area (TPSA) is 53.4 Å². The van der Waals surface area contributed by atoms with E-state index in [0.29, 0.717) is 6.54 Å². The van der Waals surface area contributed by atoms with Crippen molar-refractivity contribution in [2.45, 2.75) is 18.6 Å². The smallest absolute Gasteiger partial charge is 0.349 e. The summed E-state index contributed by atoms with van der Waals surface area (Å²) in [6.45, 7) is 5.64. The van der Waals surface area contributed by atoms with Crippen molar-refractivity contribution in [2.24, 2.45) is 0 Å². The van der Waals surface area contributed by atoms with E-state index < -0.39 is 0 Å². The Balaban J connectivity index is 1.14. The molecular weight excluding hydrogens is 422 g/mol. The third kappa shape index (κ3) is 4.00. The van der Waals surface area contributed by atoms with E-state index in [1.165, 1.54) is 11.1 Å². The highest BCUT2D eigenvalue weighted by Crippen LogP contribution is 2.30. The zero-order valence-electron chi connectivity index (χ0n) is 19.2. The summed E-state index contributed by atoms with van der Waals surface area (Å²) in [7, 11) is 0. The standard InChI is InChI=1S/C28H29N5O/c34-28-30-25-14-8-7-13-24(25)27-29-23(20-33(27)28)19-31-15-17-32(18-16-31)26(21-9-3-1-4-10-21)22-11-5-2-6-12-22/h1-14,23,26,29H,15-20H2/t23-/m1/s1. The number of hydrogen-bond donors (Lipinski definition) is 1. The van der Waals surface area contributed by atoms with E-state index in [0.717, 1.165) is 49.4 Å². The Kier molecular flexibility index (Phi) is 5.61. The van der Waals surface area contributed by atoms with E-state index >= 15 is 0 Å². The molecule has 4 aromatic rings. The normalized spacial score (nSPS) is 18.8. The van der Waals surface area contributed by atoms with Crippen LogP contribution in [0.2, 0.25) is 0 Å². The molecule has 1 saturated heterocycles. The lowest BCUT2D eigenvalue weighted by Gasteiger charge is -2.40. The van der Waals surface area contributed by atoms with Gasteiger partial charge in [0.1, 0.15) is 5.82 Å². The number of nitrogens with zero attached hydrogens (tertiary/aromatic N) is 4. The highest BCUT2D eigenvalue weighted by atomic mass is 16.1. The number of para-hydroxylation sites is 1. The van der Waals surface area contributed by atoms with Crippen molar-refractivity contribution in [1.29, 1.82) is 0 Å². The Hall–Kier alpha value is -3.48. The summed E-state index contributed by atoms with van der Waals surface area (Å²) in [4.78, 5) is 21.9. The molecule has 0 spiro atoms.